The Bertz CT molecular complexity index is 341. The maximum atomic E-state index is 11.6. The fourth-order valence-electron chi connectivity index (χ4n) is 1.78. The van der Waals surface area contributed by atoms with E-state index in [1.807, 2.05) is 0 Å². The largest absolute Gasteiger partial charge is 0.384 e. The van der Waals surface area contributed by atoms with Crippen LogP contribution in [0.25, 0.3) is 0 Å². The Hall–Kier alpha value is -0.660. The number of hydrogen-bond acceptors (Lipinski definition) is 4. The number of ether oxygens (including phenoxy) is 1. The van der Waals surface area contributed by atoms with Crippen LogP contribution < -0.4 is 5.14 Å². The normalized spacial score (nSPS) is 22.1. The number of carbonyl (C=O) groups excluding carboxylic acids is 1. The number of piperidine rings is 1. The molecule has 1 rings (SSSR count). The number of sulfonamides is 1. The molecule has 1 atom stereocenters. The van der Waals surface area contributed by atoms with Crippen LogP contribution in [0.4, 0.5) is 0 Å². The maximum absolute atomic E-state index is 11.6. The summed E-state index contributed by atoms with van der Waals surface area (Å²) in [6.07, 6.45) is 1.50. The molecule has 0 aromatic carbocycles. The molecule has 94 valence electrons. The molecule has 0 bridgehead atoms. The first-order chi connectivity index (χ1) is 7.45. The van der Waals surface area contributed by atoms with Crippen LogP contribution >= 0.6 is 0 Å². The van der Waals surface area contributed by atoms with Crippen molar-refractivity contribution in [2.24, 2.45) is 5.14 Å². The summed E-state index contributed by atoms with van der Waals surface area (Å²) in [7, 11) is -2.01. The van der Waals surface area contributed by atoms with E-state index in [2.05, 4.69) is 0 Å². The summed E-state index contributed by atoms with van der Waals surface area (Å²) in [6.45, 7) is 1.17. The molecule has 0 aromatic rings. The predicted octanol–water partition coefficient (Wildman–Crippen LogP) is -0.698. The van der Waals surface area contributed by atoms with Crippen molar-refractivity contribution < 1.29 is 17.9 Å². The SMILES string of the molecule is COCCC(=O)N1CCCC(S(N)(=O)=O)C1. The highest BCUT2D eigenvalue weighted by Crippen LogP contribution is 2.15. The van der Waals surface area contributed by atoms with Gasteiger partial charge in [0.15, 0.2) is 0 Å². The van der Waals surface area contributed by atoms with Gasteiger partial charge in [-0.15, -0.1) is 0 Å². The van der Waals surface area contributed by atoms with Gasteiger partial charge in [0, 0.05) is 20.2 Å². The molecule has 1 saturated heterocycles. The number of nitrogens with zero attached hydrogens (tertiary/aromatic N) is 1. The highest BCUT2D eigenvalue weighted by atomic mass is 32.2. The number of nitrogens with two attached hydrogens (primary N) is 1. The molecule has 2 N–H and O–H groups in total. The van der Waals surface area contributed by atoms with Crippen molar-refractivity contribution in [2.45, 2.75) is 24.5 Å². The monoisotopic (exact) mass is 250 g/mol. The fourth-order valence-corrected chi connectivity index (χ4v) is 2.66. The standard InChI is InChI=1S/C9H18N2O4S/c1-15-6-4-9(12)11-5-2-3-8(7-11)16(10,13)14/h8H,2-7H2,1H3,(H2,10,13,14). The zero-order chi connectivity index (χ0) is 12.2. The topological polar surface area (TPSA) is 89.7 Å². The summed E-state index contributed by atoms with van der Waals surface area (Å²) >= 11 is 0. The third kappa shape index (κ3) is 3.73. The Morgan fingerprint density at radius 3 is 2.81 bits per heavy atom. The van der Waals surface area contributed by atoms with Gasteiger partial charge in [0.25, 0.3) is 0 Å². The number of likely N-dealkylation sites (tertiary alicyclic amines) is 1. The van der Waals surface area contributed by atoms with Gasteiger partial charge in [-0.3, -0.25) is 4.79 Å². The summed E-state index contributed by atoms with van der Waals surface area (Å²) in [4.78, 5) is 13.2. The minimum Gasteiger partial charge on any atom is -0.384 e. The molecule has 6 nitrogen and oxygen atoms in total. The average Bonchev–Trinajstić information content (AvgIpc) is 2.25. The Kier molecular flexibility index (Phi) is 4.69. The highest BCUT2D eigenvalue weighted by Gasteiger charge is 2.29. The minimum absolute atomic E-state index is 0.0739. The van der Waals surface area contributed by atoms with E-state index in [1.54, 1.807) is 4.90 Å². The Balaban J connectivity index is 2.54. The summed E-state index contributed by atoms with van der Waals surface area (Å²) in [5.74, 6) is -0.0739. The summed E-state index contributed by atoms with van der Waals surface area (Å²) in [5.41, 5.74) is 0. The molecule has 0 radical (unpaired) electrons. The number of rotatable bonds is 4. The lowest BCUT2D eigenvalue weighted by atomic mass is 10.1. The number of primary sulfonamides is 1. The molecule has 1 amide bonds. The van der Waals surface area contributed by atoms with Crippen LogP contribution in [0.15, 0.2) is 0 Å². The number of methoxy groups -OCH3 is 1. The van der Waals surface area contributed by atoms with Crippen molar-refractivity contribution in [3.05, 3.63) is 0 Å². The number of carbonyl (C=O) groups is 1. The zero-order valence-electron chi connectivity index (χ0n) is 9.39. The third-order valence-electron chi connectivity index (χ3n) is 2.72. The van der Waals surface area contributed by atoms with Crippen LogP contribution in [0, 0.1) is 0 Å². The second-order valence-electron chi connectivity index (χ2n) is 3.94. The summed E-state index contributed by atoms with van der Waals surface area (Å²) in [6, 6.07) is 0. The van der Waals surface area contributed by atoms with E-state index in [0.717, 1.165) is 0 Å². The van der Waals surface area contributed by atoms with E-state index < -0.39 is 15.3 Å². The Labute approximate surface area is 95.8 Å². The van der Waals surface area contributed by atoms with Crippen LogP contribution in [-0.2, 0) is 19.6 Å². The second-order valence-corrected chi connectivity index (χ2v) is 5.78. The predicted molar refractivity (Wildman–Crippen MR) is 59.2 cm³/mol. The summed E-state index contributed by atoms with van der Waals surface area (Å²) < 4.78 is 27.2. The Morgan fingerprint density at radius 1 is 1.56 bits per heavy atom. The van der Waals surface area contributed by atoms with E-state index in [9.17, 15) is 13.2 Å². The first-order valence-corrected chi connectivity index (χ1v) is 6.84. The van der Waals surface area contributed by atoms with Crippen molar-refractivity contribution in [1.29, 1.82) is 0 Å². The minimum atomic E-state index is -3.54. The van der Waals surface area contributed by atoms with Crippen molar-refractivity contribution in [3.8, 4) is 0 Å². The molecule has 0 aromatic heterocycles. The van der Waals surface area contributed by atoms with Crippen LogP contribution in [-0.4, -0.2) is 51.3 Å². The van der Waals surface area contributed by atoms with Crippen molar-refractivity contribution in [2.75, 3.05) is 26.8 Å². The molecular formula is C9H18N2O4S. The molecule has 0 aliphatic carbocycles. The van der Waals surface area contributed by atoms with E-state index in [4.69, 9.17) is 9.88 Å². The quantitative estimate of drug-likeness (QED) is 0.714. The molecule has 1 fully saturated rings. The molecule has 1 aliphatic rings. The molecule has 1 heterocycles. The van der Waals surface area contributed by atoms with Crippen LogP contribution in [0.5, 0.6) is 0 Å². The van der Waals surface area contributed by atoms with Gasteiger partial charge in [0.2, 0.25) is 15.9 Å². The van der Waals surface area contributed by atoms with Gasteiger partial charge in [0.1, 0.15) is 0 Å². The smallest absolute Gasteiger partial charge is 0.224 e. The van der Waals surface area contributed by atoms with Gasteiger partial charge >= 0.3 is 0 Å². The third-order valence-corrected chi connectivity index (χ3v) is 4.03. The van der Waals surface area contributed by atoms with Gasteiger partial charge in [-0.25, -0.2) is 13.6 Å². The van der Waals surface area contributed by atoms with Crippen LogP contribution in [0.3, 0.4) is 0 Å². The molecule has 1 unspecified atom stereocenters. The number of hydrogen-bond donors (Lipinski definition) is 1. The average molecular weight is 250 g/mol. The molecule has 0 saturated carbocycles. The molecule has 0 spiro atoms. The van der Waals surface area contributed by atoms with Gasteiger partial charge in [-0.1, -0.05) is 0 Å². The van der Waals surface area contributed by atoms with E-state index in [-0.39, 0.29) is 18.9 Å². The van der Waals surface area contributed by atoms with Crippen molar-refractivity contribution >= 4 is 15.9 Å². The van der Waals surface area contributed by atoms with Gasteiger partial charge < -0.3 is 9.64 Å². The van der Waals surface area contributed by atoms with E-state index >= 15 is 0 Å². The fraction of sp³-hybridized carbons (Fsp3) is 0.889. The molecule has 1 aliphatic heterocycles. The Morgan fingerprint density at radius 2 is 2.25 bits per heavy atom. The van der Waals surface area contributed by atoms with E-state index in [1.165, 1.54) is 7.11 Å². The van der Waals surface area contributed by atoms with Crippen molar-refractivity contribution in [3.63, 3.8) is 0 Å². The maximum Gasteiger partial charge on any atom is 0.224 e. The molecular weight excluding hydrogens is 232 g/mol. The van der Waals surface area contributed by atoms with Gasteiger partial charge in [-0.05, 0) is 12.8 Å². The highest BCUT2D eigenvalue weighted by molar-refractivity contribution is 7.89. The second kappa shape index (κ2) is 5.60. The van der Waals surface area contributed by atoms with Crippen LogP contribution in [0.2, 0.25) is 0 Å². The summed E-state index contributed by atoms with van der Waals surface area (Å²) in [5, 5.41) is 4.46. The lowest BCUT2D eigenvalue weighted by molar-refractivity contribution is -0.132. The molecule has 16 heavy (non-hydrogen) atoms. The molecule has 7 heteroatoms. The van der Waals surface area contributed by atoms with Crippen LogP contribution in [0.1, 0.15) is 19.3 Å². The van der Waals surface area contributed by atoms with Crippen molar-refractivity contribution in [1.82, 2.24) is 4.90 Å². The first kappa shape index (κ1) is 13.4. The lowest BCUT2D eigenvalue weighted by Gasteiger charge is -2.31. The number of amides is 1. The van der Waals surface area contributed by atoms with Gasteiger partial charge in [-0.2, -0.15) is 0 Å². The lowest BCUT2D eigenvalue weighted by Crippen LogP contribution is -2.47. The van der Waals surface area contributed by atoms with Gasteiger partial charge in [0.05, 0.1) is 18.3 Å². The first-order valence-electron chi connectivity index (χ1n) is 5.23. The van der Waals surface area contributed by atoms with E-state index in [0.29, 0.717) is 26.0 Å². The zero-order valence-corrected chi connectivity index (χ0v) is 10.2.